The van der Waals surface area contributed by atoms with Crippen LogP contribution < -0.4 is 5.32 Å². The second-order valence-electron chi connectivity index (χ2n) is 5.42. The molecule has 0 unspecified atom stereocenters. The molecule has 0 saturated carbocycles. The van der Waals surface area contributed by atoms with Gasteiger partial charge in [0, 0.05) is 12.5 Å². The average Bonchev–Trinajstić information content (AvgIpc) is 2.38. The Bertz CT molecular complexity index is 620. The first-order valence-corrected chi connectivity index (χ1v) is 7.28. The summed E-state index contributed by atoms with van der Waals surface area (Å²) in [6, 6.07) is 2.95. The highest BCUT2D eigenvalue weighted by molar-refractivity contribution is 14.1. The van der Waals surface area contributed by atoms with Crippen molar-refractivity contribution in [1.29, 1.82) is 0 Å². The van der Waals surface area contributed by atoms with Gasteiger partial charge in [0.05, 0.1) is 15.5 Å². The molecule has 0 amide bonds. The molecule has 0 saturated heterocycles. The number of halogens is 2. The summed E-state index contributed by atoms with van der Waals surface area (Å²) in [4.78, 5) is 13.1. The molecule has 4 nitrogen and oxygen atoms in total. The third-order valence-corrected chi connectivity index (χ3v) is 3.78. The smallest absolute Gasteiger partial charge is 0.180 e. The van der Waals surface area contributed by atoms with Crippen molar-refractivity contribution in [3.63, 3.8) is 0 Å². The zero-order valence-corrected chi connectivity index (χ0v) is 14.0. The molecule has 0 fully saturated rings. The Balaban J connectivity index is 2.63. The van der Waals surface area contributed by atoms with Gasteiger partial charge in [-0.1, -0.05) is 20.8 Å². The van der Waals surface area contributed by atoms with E-state index in [1.54, 1.807) is 6.07 Å². The highest BCUT2D eigenvalue weighted by Gasteiger charge is 2.23. The molecular formula is C14H16FIN4. The number of aromatic nitrogens is 3. The van der Waals surface area contributed by atoms with Gasteiger partial charge in [0.25, 0.3) is 0 Å². The molecular weight excluding hydrogens is 370 g/mol. The SMILES string of the molecule is CNc1nc(-c2ccc(F)cn2)nc(C(C)(C)C)c1I. The van der Waals surface area contributed by atoms with E-state index in [1.165, 1.54) is 12.3 Å². The monoisotopic (exact) mass is 386 g/mol. The Kier molecular flexibility index (Phi) is 4.22. The Morgan fingerprint density at radius 3 is 2.40 bits per heavy atom. The molecule has 106 valence electrons. The summed E-state index contributed by atoms with van der Waals surface area (Å²) in [5.74, 6) is 0.885. The molecule has 2 aromatic heterocycles. The lowest BCUT2D eigenvalue weighted by Crippen LogP contribution is -2.18. The van der Waals surface area contributed by atoms with Gasteiger partial charge in [-0.25, -0.2) is 19.3 Å². The number of pyridine rings is 1. The standard InChI is InChI=1S/C14H16FIN4/c1-14(2,3)11-10(16)13(17-4)20-12(19-11)9-6-5-8(15)7-18-9/h5-7H,1-4H3,(H,17,19,20). The minimum absolute atomic E-state index is 0.111. The molecule has 0 aliphatic rings. The second kappa shape index (κ2) is 5.59. The van der Waals surface area contributed by atoms with E-state index in [2.05, 4.69) is 63.6 Å². The zero-order valence-electron chi connectivity index (χ0n) is 11.8. The van der Waals surface area contributed by atoms with Crippen LogP contribution in [0.15, 0.2) is 18.3 Å². The Labute approximate surface area is 131 Å². The number of hydrogen-bond acceptors (Lipinski definition) is 4. The van der Waals surface area contributed by atoms with Crippen LogP contribution in [0.3, 0.4) is 0 Å². The lowest BCUT2D eigenvalue weighted by atomic mass is 9.92. The summed E-state index contributed by atoms with van der Waals surface area (Å²) in [7, 11) is 1.82. The van der Waals surface area contributed by atoms with Crippen molar-refractivity contribution in [1.82, 2.24) is 15.0 Å². The van der Waals surface area contributed by atoms with Crippen LogP contribution in [0.1, 0.15) is 26.5 Å². The zero-order chi connectivity index (χ0) is 14.9. The maximum atomic E-state index is 13.0. The highest BCUT2D eigenvalue weighted by atomic mass is 127. The topological polar surface area (TPSA) is 50.7 Å². The van der Waals surface area contributed by atoms with E-state index in [0.29, 0.717) is 11.5 Å². The lowest BCUT2D eigenvalue weighted by Gasteiger charge is -2.21. The molecule has 6 heteroatoms. The fourth-order valence-electron chi connectivity index (χ4n) is 1.73. The number of hydrogen-bond donors (Lipinski definition) is 1. The van der Waals surface area contributed by atoms with Gasteiger partial charge >= 0.3 is 0 Å². The van der Waals surface area contributed by atoms with E-state index < -0.39 is 0 Å². The van der Waals surface area contributed by atoms with Gasteiger partial charge < -0.3 is 5.32 Å². The van der Waals surface area contributed by atoms with E-state index in [-0.39, 0.29) is 11.2 Å². The maximum absolute atomic E-state index is 13.0. The average molecular weight is 386 g/mol. The maximum Gasteiger partial charge on any atom is 0.180 e. The number of anilines is 1. The van der Waals surface area contributed by atoms with Crippen molar-refractivity contribution in [3.8, 4) is 11.5 Å². The first kappa shape index (κ1) is 15.1. The van der Waals surface area contributed by atoms with Crippen molar-refractivity contribution >= 4 is 28.4 Å². The molecule has 0 spiro atoms. The van der Waals surface area contributed by atoms with Crippen LogP contribution in [0.25, 0.3) is 11.5 Å². The van der Waals surface area contributed by atoms with Gasteiger partial charge in [-0.2, -0.15) is 0 Å². The van der Waals surface area contributed by atoms with E-state index >= 15 is 0 Å². The second-order valence-corrected chi connectivity index (χ2v) is 6.50. The predicted molar refractivity (Wildman–Crippen MR) is 86.2 cm³/mol. The minimum Gasteiger partial charge on any atom is -0.372 e. The van der Waals surface area contributed by atoms with Gasteiger partial charge in [-0.15, -0.1) is 0 Å². The van der Waals surface area contributed by atoms with Crippen LogP contribution in [-0.2, 0) is 5.41 Å². The summed E-state index contributed by atoms with van der Waals surface area (Å²) >= 11 is 2.24. The van der Waals surface area contributed by atoms with Crippen LogP contribution in [0.2, 0.25) is 0 Å². The van der Waals surface area contributed by atoms with E-state index in [9.17, 15) is 4.39 Å². The molecule has 0 aliphatic carbocycles. The summed E-state index contributed by atoms with van der Waals surface area (Å²) in [5.41, 5.74) is 1.39. The molecule has 20 heavy (non-hydrogen) atoms. The van der Waals surface area contributed by atoms with Crippen LogP contribution >= 0.6 is 22.6 Å². The van der Waals surface area contributed by atoms with Crippen molar-refractivity contribution in [2.45, 2.75) is 26.2 Å². The fraction of sp³-hybridized carbons (Fsp3) is 0.357. The molecule has 2 heterocycles. The quantitative estimate of drug-likeness (QED) is 0.802. The van der Waals surface area contributed by atoms with Crippen LogP contribution in [0.5, 0.6) is 0 Å². The number of rotatable bonds is 2. The Morgan fingerprint density at radius 2 is 1.90 bits per heavy atom. The van der Waals surface area contributed by atoms with Gasteiger partial charge in [0.1, 0.15) is 17.3 Å². The molecule has 0 bridgehead atoms. The number of nitrogens with one attached hydrogen (secondary N) is 1. The Hall–Kier alpha value is -1.31. The van der Waals surface area contributed by atoms with Gasteiger partial charge in [-0.3, -0.25) is 0 Å². The molecule has 1 N–H and O–H groups in total. The predicted octanol–water partition coefficient (Wildman–Crippen LogP) is 3.62. The molecule has 0 radical (unpaired) electrons. The molecule has 0 aliphatic heterocycles. The fourth-order valence-corrected chi connectivity index (χ4v) is 3.05. The first-order valence-electron chi connectivity index (χ1n) is 6.20. The van der Waals surface area contributed by atoms with Crippen molar-refractivity contribution in [2.24, 2.45) is 0 Å². The van der Waals surface area contributed by atoms with Crippen LogP contribution in [0.4, 0.5) is 10.2 Å². The van der Waals surface area contributed by atoms with Gasteiger partial charge in [0.2, 0.25) is 0 Å². The summed E-state index contributed by atoms with van der Waals surface area (Å²) in [6.45, 7) is 6.29. The largest absolute Gasteiger partial charge is 0.372 e. The third kappa shape index (κ3) is 3.05. The first-order chi connectivity index (χ1) is 9.32. The minimum atomic E-state index is -0.371. The van der Waals surface area contributed by atoms with Crippen molar-refractivity contribution in [2.75, 3.05) is 12.4 Å². The number of nitrogens with zero attached hydrogens (tertiary/aromatic N) is 3. The summed E-state index contributed by atoms with van der Waals surface area (Å²) in [5, 5.41) is 3.07. The van der Waals surface area contributed by atoms with Crippen molar-refractivity contribution < 1.29 is 4.39 Å². The third-order valence-electron chi connectivity index (χ3n) is 2.75. The van der Waals surface area contributed by atoms with Crippen LogP contribution in [-0.4, -0.2) is 22.0 Å². The molecule has 2 aromatic rings. The highest BCUT2D eigenvalue weighted by Crippen LogP contribution is 2.31. The Morgan fingerprint density at radius 1 is 1.20 bits per heavy atom. The summed E-state index contributed by atoms with van der Waals surface area (Å²) in [6.07, 6.45) is 1.17. The van der Waals surface area contributed by atoms with Gasteiger partial charge in [0.15, 0.2) is 5.82 Å². The normalized spacial score (nSPS) is 11.5. The van der Waals surface area contributed by atoms with Crippen LogP contribution in [0, 0.1) is 9.39 Å². The molecule has 0 aromatic carbocycles. The van der Waals surface area contributed by atoms with E-state index in [0.717, 1.165) is 15.1 Å². The molecule has 2 rings (SSSR count). The molecule has 0 atom stereocenters. The van der Waals surface area contributed by atoms with Crippen molar-refractivity contribution in [3.05, 3.63) is 33.4 Å². The van der Waals surface area contributed by atoms with Gasteiger partial charge in [-0.05, 0) is 34.7 Å². The van der Waals surface area contributed by atoms with E-state index in [4.69, 9.17) is 0 Å². The van der Waals surface area contributed by atoms with E-state index in [1.807, 2.05) is 7.05 Å². The lowest BCUT2D eigenvalue weighted by molar-refractivity contribution is 0.564. The summed E-state index contributed by atoms with van der Waals surface area (Å²) < 4.78 is 14.0.